The molecule has 0 radical (unpaired) electrons. The van der Waals surface area contributed by atoms with E-state index in [1.165, 1.54) is 37.8 Å². The molecule has 4 nitrogen and oxygen atoms in total. The van der Waals surface area contributed by atoms with E-state index in [-0.39, 0.29) is 5.69 Å². The predicted molar refractivity (Wildman–Crippen MR) is 111 cm³/mol. The molecule has 0 aromatic heterocycles. The van der Waals surface area contributed by atoms with Crippen LogP contribution in [0.2, 0.25) is 0 Å². The minimum atomic E-state index is -0.398. The lowest BCUT2D eigenvalue weighted by molar-refractivity contribution is -0.384. The van der Waals surface area contributed by atoms with Crippen molar-refractivity contribution < 1.29 is 4.92 Å². The van der Waals surface area contributed by atoms with Crippen molar-refractivity contribution >= 4 is 17.8 Å². The van der Waals surface area contributed by atoms with Gasteiger partial charge in [-0.05, 0) is 48.6 Å². The van der Waals surface area contributed by atoms with Gasteiger partial charge in [0.05, 0.1) is 4.92 Å². The van der Waals surface area contributed by atoms with Crippen LogP contribution >= 0.6 is 0 Å². The fraction of sp³-hybridized carbons (Fsp3) is 0.364. The van der Waals surface area contributed by atoms with Crippen LogP contribution in [0, 0.1) is 16.0 Å². The zero-order chi connectivity index (χ0) is 19.2. The smallest absolute Gasteiger partial charge is 0.269 e. The van der Waals surface area contributed by atoms with Crippen molar-refractivity contribution in [3.8, 4) is 0 Å². The molecule has 0 bridgehead atoms. The fourth-order valence-corrected chi connectivity index (χ4v) is 2.57. The maximum Gasteiger partial charge on any atom is 0.269 e. The summed E-state index contributed by atoms with van der Waals surface area (Å²) in [6.07, 6.45) is 9.06. The first-order valence-electron chi connectivity index (χ1n) is 9.28. The highest BCUT2D eigenvalue weighted by molar-refractivity contribution is 5.69. The first-order chi connectivity index (χ1) is 12.6. The highest BCUT2D eigenvalue weighted by Gasteiger charge is 2.02. The van der Waals surface area contributed by atoms with E-state index in [2.05, 4.69) is 13.8 Å². The second-order valence-corrected chi connectivity index (χ2v) is 6.21. The Morgan fingerprint density at radius 3 is 1.96 bits per heavy atom. The number of nitrogens with zero attached hydrogens (tertiary/aromatic N) is 1. The zero-order valence-electron chi connectivity index (χ0n) is 15.8. The maximum atomic E-state index is 10.5. The molecule has 0 heterocycles. The second-order valence-electron chi connectivity index (χ2n) is 6.21. The minimum absolute atomic E-state index is 0.113. The first kappa shape index (κ1) is 21.6. The van der Waals surface area contributed by atoms with E-state index in [0.29, 0.717) is 0 Å². The van der Waals surface area contributed by atoms with Gasteiger partial charge < -0.3 is 5.73 Å². The minimum Gasteiger partial charge on any atom is -0.330 e. The zero-order valence-corrected chi connectivity index (χ0v) is 15.8. The molecule has 2 N–H and O–H groups in total. The lowest BCUT2D eigenvalue weighted by Gasteiger charge is -2.09. The number of rotatable bonds is 8. The number of nitrogens with two attached hydrogens (primary N) is 1. The lowest BCUT2D eigenvalue weighted by atomic mass is 9.98. The average Bonchev–Trinajstić information content (AvgIpc) is 2.69. The van der Waals surface area contributed by atoms with Gasteiger partial charge in [-0.2, -0.15) is 0 Å². The highest BCUT2D eigenvalue weighted by atomic mass is 16.6. The summed E-state index contributed by atoms with van der Waals surface area (Å²) in [5.74, 6) is 0.925. The van der Waals surface area contributed by atoms with Gasteiger partial charge in [0.1, 0.15) is 0 Å². The molecule has 0 spiro atoms. The summed E-state index contributed by atoms with van der Waals surface area (Å²) in [5, 5.41) is 10.5. The van der Waals surface area contributed by atoms with Crippen molar-refractivity contribution in [2.75, 3.05) is 6.54 Å². The number of nitro groups is 1. The molecule has 140 valence electrons. The summed E-state index contributed by atoms with van der Waals surface area (Å²) in [6, 6.07) is 16.4. The number of non-ortho nitro benzene ring substituents is 1. The van der Waals surface area contributed by atoms with Gasteiger partial charge in [0.2, 0.25) is 0 Å². The highest BCUT2D eigenvalue weighted by Crippen LogP contribution is 2.14. The molecule has 0 amide bonds. The molecule has 26 heavy (non-hydrogen) atoms. The Kier molecular flexibility index (Phi) is 10.7. The van der Waals surface area contributed by atoms with Crippen LogP contribution in [-0.2, 0) is 0 Å². The van der Waals surface area contributed by atoms with E-state index >= 15 is 0 Å². The van der Waals surface area contributed by atoms with E-state index < -0.39 is 4.92 Å². The normalized spacial score (nSPS) is 10.6. The SMILES string of the molecule is CCC(CC)CCCN.O=[N+]([O-])c1ccc(C=Cc2ccccc2)cc1. The molecule has 0 unspecified atom stereocenters. The molecular weight excluding hydrogens is 324 g/mol. The molecule has 0 saturated carbocycles. The van der Waals surface area contributed by atoms with Crippen LogP contribution < -0.4 is 5.73 Å². The third-order valence-corrected chi connectivity index (χ3v) is 4.34. The summed E-state index contributed by atoms with van der Waals surface area (Å²) in [5.41, 5.74) is 7.55. The van der Waals surface area contributed by atoms with Crippen molar-refractivity contribution in [3.63, 3.8) is 0 Å². The van der Waals surface area contributed by atoms with Crippen LogP contribution in [-0.4, -0.2) is 11.5 Å². The van der Waals surface area contributed by atoms with Gasteiger partial charge >= 0.3 is 0 Å². The van der Waals surface area contributed by atoms with Crippen LogP contribution in [0.1, 0.15) is 50.7 Å². The average molecular weight is 354 g/mol. The van der Waals surface area contributed by atoms with Gasteiger partial charge in [0.15, 0.2) is 0 Å². The van der Waals surface area contributed by atoms with Gasteiger partial charge in [-0.3, -0.25) is 10.1 Å². The molecule has 0 aliphatic rings. The second kappa shape index (κ2) is 12.8. The molecule has 2 aromatic rings. The molecule has 0 aliphatic carbocycles. The van der Waals surface area contributed by atoms with E-state index in [9.17, 15) is 10.1 Å². The number of hydrogen-bond donors (Lipinski definition) is 1. The van der Waals surface area contributed by atoms with Gasteiger partial charge in [-0.1, -0.05) is 69.2 Å². The Hall–Kier alpha value is -2.46. The lowest BCUT2D eigenvalue weighted by Crippen LogP contribution is -2.03. The number of nitro benzene ring substituents is 1. The van der Waals surface area contributed by atoms with Crippen molar-refractivity contribution in [1.82, 2.24) is 0 Å². The van der Waals surface area contributed by atoms with Crippen molar-refractivity contribution in [2.45, 2.75) is 39.5 Å². The fourth-order valence-electron chi connectivity index (χ4n) is 2.57. The van der Waals surface area contributed by atoms with E-state index in [1.54, 1.807) is 12.1 Å². The van der Waals surface area contributed by atoms with Crippen LogP contribution in [0.5, 0.6) is 0 Å². The maximum absolute atomic E-state index is 10.5. The standard InChI is InChI=1S/C14H11NO2.C8H19N/c16-15(17)14-10-8-13(9-11-14)7-6-12-4-2-1-3-5-12;1-3-8(4-2)6-5-7-9/h1-11H;8H,3-7,9H2,1-2H3. The molecule has 0 aliphatic heterocycles. The van der Waals surface area contributed by atoms with Crippen LogP contribution in [0.25, 0.3) is 12.2 Å². The van der Waals surface area contributed by atoms with Crippen molar-refractivity contribution in [3.05, 3.63) is 75.8 Å². The van der Waals surface area contributed by atoms with Gasteiger partial charge in [-0.25, -0.2) is 0 Å². The van der Waals surface area contributed by atoms with Crippen LogP contribution in [0.4, 0.5) is 5.69 Å². The Bertz CT molecular complexity index is 648. The molecule has 0 fully saturated rings. The Morgan fingerprint density at radius 1 is 0.962 bits per heavy atom. The topological polar surface area (TPSA) is 69.2 Å². The Morgan fingerprint density at radius 2 is 1.50 bits per heavy atom. The van der Waals surface area contributed by atoms with Gasteiger partial charge in [-0.15, -0.1) is 0 Å². The molecule has 4 heteroatoms. The van der Waals surface area contributed by atoms with Gasteiger partial charge in [0, 0.05) is 12.1 Å². The molecule has 0 saturated heterocycles. The molecule has 2 rings (SSSR count). The van der Waals surface area contributed by atoms with Crippen molar-refractivity contribution in [1.29, 1.82) is 0 Å². The quantitative estimate of drug-likeness (QED) is 0.363. The first-order valence-corrected chi connectivity index (χ1v) is 9.28. The Labute approximate surface area is 156 Å². The van der Waals surface area contributed by atoms with E-state index in [4.69, 9.17) is 5.73 Å². The summed E-state index contributed by atoms with van der Waals surface area (Å²) in [6.45, 7) is 5.37. The summed E-state index contributed by atoms with van der Waals surface area (Å²) in [4.78, 5) is 10.1. The van der Waals surface area contributed by atoms with E-state index in [1.807, 2.05) is 42.5 Å². The summed E-state index contributed by atoms with van der Waals surface area (Å²) < 4.78 is 0. The van der Waals surface area contributed by atoms with Crippen LogP contribution in [0.3, 0.4) is 0 Å². The summed E-state index contributed by atoms with van der Waals surface area (Å²) in [7, 11) is 0. The number of benzene rings is 2. The van der Waals surface area contributed by atoms with Gasteiger partial charge in [0.25, 0.3) is 5.69 Å². The Balaban J connectivity index is 0.000000321. The molecular formula is C22H30N2O2. The van der Waals surface area contributed by atoms with Crippen molar-refractivity contribution in [2.24, 2.45) is 11.7 Å². The van der Waals surface area contributed by atoms with E-state index in [0.717, 1.165) is 23.6 Å². The van der Waals surface area contributed by atoms with Crippen LogP contribution in [0.15, 0.2) is 54.6 Å². The predicted octanol–water partition coefficient (Wildman–Crippen LogP) is 5.93. The third kappa shape index (κ3) is 8.58. The molecule has 0 atom stereocenters. The summed E-state index contributed by atoms with van der Waals surface area (Å²) >= 11 is 0. The largest absolute Gasteiger partial charge is 0.330 e. The number of hydrogen-bond acceptors (Lipinski definition) is 3. The molecule has 2 aromatic carbocycles. The third-order valence-electron chi connectivity index (χ3n) is 4.34. The monoisotopic (exact) mass is 354 g/mol.